The second-order valence-corrected chi connectivity index (χ2v) is 11.1. The third-order valence-electron chi connectivity index (χ3n) is 2.88. The molecule has 0 heterocycles. The average Bonchev–Trinajstić information content (AvgIpc) is 2.27. The monoisotopic (exact) mass is 265 g/mol. The van der Waals surface area contributed by atoms with Gasteiger partial charge in [-0.05, 0) is 19.4 Å². The third-order valence-corrected chi connectivity index (χ3v) is 4.94. The minimum absolute atomic E-state index is 0.322. The van der Waals surface area contributed by atoms with E-state index in [9.17, 15) is 0 Å². The Morgan fingerprint density at radius 3 is 2.22 bits per heavy atom. The van der Waals surface area contributed by atoms with Gasteiger partial charge in [0.25, 0.3) is 0 Å². The average molecular weight is 265 g/mol. The van der Waals surface area contributed by atoms with Crippen molar-refractivity contribution in [3.63, 3.8) is 0 Å². The van der Waals surface area contributed by atoms with Crippen molar-refractivity contribution < 1.29 is 4.74 Å². The Kier molecular flexibility index (Phi) is 6.06. The maximum Gasteiger partial charge on any atom is 0.0775 e. The van der Waals surface area contributed by atoms with Crippen LogP contribution >= 0.6 is 0 Å². The Morgan fingerprint density at radius 2 is 1.72 bits per heavy atom. The molecule has 0 spiro atoms. The van der Waals surface area contributed by atoms with E-state index in [-0.39, 0.29) is 0 Å². The Labute approximate surface area is 113 Å². The van der Waals surface area contributed by atoms with Crippen molar-refractivity contribution in [2.45, 2.75) is 46.1 Å². The van der Waals surface area contributed by atoms with E-state index in [1.165, 1.54) is 10.8 Å². The molecule has 0 atom stereocenters. The zero-order chi connectivity index (χ0) is 13.6. The van der Waals surface area contributed by atoms with Crippen LogP contribution in [-0.2, 0) is 11.3 Å². The Balaban J connectivity index is 2.31. The van der Waals surface area contributed by atoms with Crippen LogP contribution < -0.4 is 10.5 Å². The van der Waals surface area contributed by atoms with Crippen LogP contribution in [0.1, 0.15) is 19.4 Å². The van der Waals surface area contributed by atoms with Crippen LogP contribution in [0.25, 0.3) is 0 Å². The van der Waals surface area contributed by atoms with E-state index < -0.39 is 8.07 Å². The molecular formula is C15H27NOSi. The van der Waals surface area contributed by atoms with Gasteiger partial charge in [0.15, 0.2) is 0 Å². The molecule has 0 aliphatic heterocycles. The van der Waals surface area contributed by atoms with Crippen LogP contribution in [0.2, 0.25) is 19.6 Å². The first-order valence-corrected chi connectivity index (χ1v) is 10.3. The first kappa shape index (κ1) is 15.4. The summed E-state index contributed by atoms with van der Waals surface area (Å²) in [4.78, 5) is 0. The fourth-order valence-corrected chi connectivity index (χ4v) is 2.89. The first-order valence-electron chi connectivity index (χ1n) is 6.81. The van der Waals surface area contributed by atoms with Gasteiger partial charge in [0.05, 0.1) is 20.8 Å². The zero-order valence-corrected chi connectivity index (χ0v) is 13.4. The highest BCUT2D eigenvalue weighted by atomic mass is 28.3. The molecule has 1 N–H and O–H groups in total. The van der Waals surface area contributed by atoms with Gasteiger partial charge in [-0.1, -0.05) is 49.1 Å². The van der Waals surface area contributed by atoms with Gasteiger partial charge in [-0.2, -0.15) is 0 Å². The minimum atomic E-state index is -1.15. The van der Waals surface area contributed by atoms with E-state index in [4.69, 9.17) is 4.74 Å². The van der Waals surface area contributed by atoms with Crippen molar-refractivity contribution in [3.05, 3.63) is 29.8 Å². The van der Waals surface area contributed by atoms with Gasteiger partial charge in [-0.15, -0.1) is 0 Å². The molecule has 0 aliphatic rings. The lowest BCUT2D eigenvalue weighted by Crippen LogP contribution is -2.37. The number of nitrogens with one attached hydrogen (secondary N) is 1. The molecule has 2 nitrogen and oxygen atoms in total. The second kappa shape index (κ2) is 7.07. The summed E-state index contributed by atoms with van der Waals surface area (Å²) in [6.07, 6.45) is 0.322. The number of ether oxygens (including phenoxy) is 1. The molecule has 0 unspecified atom stereocenters. The highest BCUT2D eigenvalue weighted by Gasteiger charge is 2.15. The first-order chi connectivity index (χ1) is 8.39. The van der Waals surface area contributed by atoms with Crippen LogP contribution in [0.3, 0.4) is 0 Å². The third kappa shape index (κ3) is 5.80. The molecular weight excluding hydrogens is 238 g/mol. The molecule has 0 bridgehead atoms. The lowest BCUT2D eigenvalue weighted by atomic mass is 10.2. The van der Waals surface area contributed by atoms with Crippen molar-refractivity contribution >= 4 is 13.3 Å². The van der Waals surface area contributed by atoms with Crippen molar-refractivity contribution in [2.24, 2.45) is 0 Å². The van der Waals surface area contributed by atoms with Crippen molar-refractivity contribution in [1.82, 2.24) is 5.32 Å². The topological polar surface area (TPSA) is 21.3 Å². The van der Waals surface area contributed by atoms with E-state index in [2.05, 4.69) is 63.1 Å². The van der Waals surface area contributed by atoms with Crippen molar-refractivity contribution in [2.75, 3.05) is 13.2 Å². The molecule has 0 aliphatic carbocycles. The summed E-state index contributed by atoms with van der Waals surface area (Å²) in [7, 11) is -1.15. The number of rotatable bonds is 7. The number of hydrogen-bond acceptors (Lipinski definition) is 2. The summed E-state index contributed by atoms with van der Waals surface area (Å²) in [6, 6.07) is 9.05. The highest BCUT2D eigenvalue weighted by Crippen LogP contribution is 2.04. The predicted molar refractivity (Wildman–Crippen MR) is 82.2 cm³/mol. The highest BCUT2D eigenvalue weighted by molar-refractivity contribution is 6.88. The number of benzene rings is 1. The van der Waals surface area contributed by atoms with E-state index in [0.717, 1.165) is 19.7 Å². The fourth-order valence-electron chi connectivity index (χ4n) is 1.72. The minimum Gasteiger partial charge on any atom is -0.377 e. The smallest absolute Gasteiger partial charge is 0.0775 e. The van der Waals surface area contributed by atoms with Crippen LogP contribution in [0.5, 0.6) is 0 Å². The molecule has 3 heteroatoms. The summed E-state index contributed by atoms with van der Waals surface area (Å²) in [5.41, 5.74) is 1.35. The summed E-state index contributed by atoms with van der Waals surface area (Å²) in [5.74, 6) is 0. The van der Waals surface area contributed by atoms with Crippen LogP contribution in [0.15, 0.2) is 24.3 Å². The normalized spacial score (nSPS) is 12.1. The molecule has 0 fully saturated rings. The second-order valence-electron chi connectivity index (χ2n) is 6.04. The maximum atomic E-state index is 5.49. The van der Waals surface area contributed by atoms with Gasteiger partial charge in [0, 0.05) is 13.1 Å². The van der Waals surface area contributed by atoms with Gasteiger partial charge in [0.2, 0.25) is 0 Å². The van der Waals surface area contributed by atoms with Gasteiger partial charge >= 0.3 is 0 Å². The van der Waals surface area contributed by atoms with Crippen molar-refractivity contribution in [3.8, 4) is 0 Å². The predicted octanol–water partition coefficient (Wildman–Crippen LogP) is 2.75. The van der Waals surface area contributed by atoms with E-state index in [1.54, 1.807) is 0 Å². The standard InChI is InChI=1S/C15H27NOSi/c1-13(2)17-11-10-16-12-14-6-8-15(9-7-14)18(3,4)5/h6-9,13,16H,10-12H2,1-5H3. The summed E-state index contributed by atoms with van der Waals surface area (Å²) >= 11 is 0. The zero-order valence-electron chi connectivity index (χ0n) is 12.4. The van der Waals surface area contributed by atoms with Gasteiger partial charge in [-0.25, -0.2) is 0 Å². The van der Waals surface area contributed by atoms with E-state index >= 15 is 0 Å². The molecule has 0 radical (unpaired) electrons. The molecule has 102 valence electrons. The SMILES string of the molecule is CC(C)OCCNCc1ccc([Si](C)(C)C)cc1. The van der Waals surface area contributed by atoms with Crippen LogP contribution in [0.4, 0.5) is 0 Å². The molecule has 0 aromatic heterocycles. The molecule has 0 saturated heterocycles. The fraction of sp³-hybridized carbons (Fsp3) is 0.600. The number of hydrogen-bond donors (Lipinski definition) is 1. The summed E-state index contributed by atoms with van der Waals surface area (Å²) in [6.45, 7) is 13.9. The van der Waals surface area contributed by atoms with Gasteiger partial charge in [-0.3, -0.25) is 0 Å². The van der Waals surface area contributed by atoms with Crippen LogP contribution in [0, 0.1) is 0 Å². The molecule has 0 amide bonds. The van der Waals surface area contributed by atoms with Crippen molar-refractivity contribution in [1.29, 1.82) is 0 Å². The molecule has 1 rings (SSSR count). The lowest BCUT2D eigenvalue weighted by molar-refractivity contribution is 0.0807. The van der Waals surface area contributed by atoms with Gasteiger partial charge < -0.3 is 10.1 Å². The summed E-state index contributed by atoms with van der Waals surface area (Å²) < 4.78 is 5.49. The van der Waals surface area contributed by atoms with E-state index in [1.807, 2.05) is 0 Å². The Morgan fingerprint density at radius 1 is 1.11 bits per heavy atom. The molecule has 0 saturated carbocycles. The quantitative estimate of drug-likeness (QED) is 0.604. The molecule has 1 aromatic carbocycles. The lowest BCUT2D eigenvalue weighted by Gasteiger charge is -2.16. The van der Waals surface area contributed by atoms with Gasteiger partial charge in [0.1, 0.15) is 0 Å². The van der Waals surface area contributed by atoms with Crippen LogP contribution in [-0.4, -0.2) is 27.3 Å². The largest absolute Gasteiger partial charge is 0.377 e. The maximum absolute atomic E-state index is 5.49. The molecule has 1 aromatic rings. The Hall–Kier alpha value is -0.643. The summed E-state index contributed by atoms with van der Waals surface area (Å²) in [5, 5.41) is 4.92. The molecule has 18 heavy (non-hydrogen) atoms. The van der Waals surface area contributed by atoms with E-state index in [0.29, 0.717) is 6.10 Å². The Bertz CT molecular complexity index is 341.